The van der Waals surface area contributed by atoms with Crippen molar-refractivity contribution < 1.29 is 17.7 Å². The van der Waals surface area contributed by atoms with E-state index in [1.165, 1.54) is 6.07 Å². The van der Waals surface area contributed by atoms with Gasteiger partial charge >= 0.3 is 6.18 Å². The van der Waals surface area contributed by atoms with Crippen molar-refractivity contribution in [1.82, 2.24) is 0 Å². The third-order valence-corrected chi connectivity index (χ3v) is 5.52. The number of rotatable bonds is 3. The quantitative estimate of drug-likeness (QED) is 0.359. The van der Waals surface area contributed by atoms with E-state index in [9.17, 15) is 17.7 Å². The van der Waals surface area contributed by atoms with Gasteiger partial charge in [0.2, 0.25) is 0 Å². The van der Waals surface area contributed by atoms with Crippen LogP contribution in [0.1, 0.15) is 31.9 Å². The molecule has 2 rings (SSSR count). The van der Waals surface area contributed by atoms with E-state index < -0.39 is 27.8 Å². The van der Waals surface area contributed by atoms with E-state index in [1.807, 2.05) is 0 Å². The van der Waals surface area contributed by atoms with Crippen molar-refractivity contribution in [2.24, 2.45) is 4.40 Å². The van der Waals surface area contributed by atoms with Crippen molar-refractivity contribution in [3.05, 3.63) is 52.5 Å². The molecule has 0 saturated heterocycles. The molecule has 8 heteroatoms. The summed E-state index contributed by atoms with van der Waals surface area (Å²) in [6.07, 6.45) is -3.62. The molecule has 0 aromatic heterocycles. The van der Waals surface area contributed by atoms with Crippen LogP contribution in [0.25, 0.3) is 11.1 Å². The van der Waals surface area contributed by atoms with E-state index >= 15 is 0 Å². The molecule has 1 atom stereocenters. The summed E-state index contributed by atoms with van der Waals surface area (Å²) in [7, 11) is 0. The molecule has 0 aliphatic carbocycles. The summed E-state index contributed by atoms with van der Waals surface area (Å²) >= 11 is 8.84. The molecule has 0 aliphatic heterocycles. The fourth-order valence-corrected chi connectivity index (χ4v) is 3.25. The molecule has 0 bridgehead atoms. The third-order valence-electron chi connectivity index (χ3n) is 3.47. The average molecular weight is 420 g/mol. The molecule has 2 aromatic rings. The van der Waals surface area contributed by atoms with E-state index in [4.69, 9.17) is 11.6 Å². The molecule has 0 spiro atoms. The lowest BCUT2D eigenvalue weighted by atomic mass is 9.95. The second-order valence-electron chi connectivity index (χ2n) is 6.49. The van der Waals surface area contributed by atoms with Crippen LogP contribution in [-0.2, 0) is 17.5 Å². The molecule has 2 nitrogen and oxygen atoms in total. The lowest BCUT2D eigenvalue weighted by Gasteiger charge is -2.19. The highest BCUT2D eigenvalue weighted by molar-refractivity contribution is 7.91. The Bertz CT molecular complexity index is 832. The minimum Gasteiger partial charge on any atom is -0.591 e. The van der Waals surface area contributed by atoms with Gasteiger partial charge in [0.1, 0.15) is 16.1 Å². The third kappa shape index (κ3) is 4.76. The molecule has 0 amide bonds. The van der Waals surface area contributed by atoms with E-state index in [-0.39, 0.29) is 16.1 Å². The lowest BCUT2D eigenvalue weighted by molar-refractivity contribution is -0.137. The van der Waals surface area contributed by atoms with Gasteiger partial charge in [0.05, 0.1) is 11.8 Å². The molecule has 0 heterocycles. The maximum Gasteiger partial charge on any atom is 0.417 e. The summed E-state index contributed by atoms with van der Waals surface area (Å²) in [6, 6.07) is 8.77. The van der Waals surface area contributed by atoms with Crippen LogP contribution in [0.2, 0.25) is 5.02 Å². The SMILES string of the molecule is CC(C)(C)[S+]([O-])/N=C/c1c(C(F)(F)F)ccc(Cl)c1-c1ccccc1S. The van der Waals surface area contributed by atoms with E-state index in [1.54, 1.807) is 45.0 Å². The summed E-state index contributed by atoms with van der Waals surface area (Å²) in [4.78, 5) is 0.473. The Morgan fingerprint density at radius 2 is 1.73 bits per heavy atom. The minimum atomic E-state index is -4.62. The highest BCUT2D eigenvalue weighted by Gasteiger charge is 2.35. The van der Waals surface area contributed by atoms with Gasteiger partial charge in [0, 0.05) is 21.0 Å². The summed E-state index contributed by atoms with van der Waals surface area (Å²) in [5.74, 6) is 0. The Morgan fingerprint density at radius 1 is 1.12 bits per heavy atom. The summed E-state index contributed by atoms with van der Waals surface area (Å²) in [5.41, 5.74) is -0.538. The van der Waals surface area contributed by atoms with Crippen LogP contribution in [-0.4, -0.2) is 15.5 Å². The molecule has 0 N–H and O–H groups in total. The number of hydrogen-bond donors (Lipinski definition) is 1. The van der Waals surface area contributed by atoms with Crippen LogP contribution in [0, 0.1) is 0 Å². The number of benzene rings is 2. The second kappa shape index (κ2) is 7.84. The summed E-state index contributed by atoms with van der Waals surface area (Å²) in [6.45, 7) is 5.06. The van der Waals surface area contributed by atoms with Gasteiger partial charge in [0.25, 0.3) is 0 Å². The largest absolute Gasteiger partial charge is 0.591 e. The first-order valence-corrected chi connectivity index (χ1v) is 9.50. The molecular weight excluding hydrogens is 403 g/mol. The highest BCUT2D eigenvalue weighted by atomic mass is 35.5. The highest BCUT2D eigenvalue weighted by Crippen LogP contribution is 2.41. The van der Waals surface area contributed by atoms with Crippen LogP contribution >= 0.6 is 24.2 Å². The van der Waals surface area contributed by atoms with Gasteiger partial charge in [0.15, 0.2) is 0 Å². The predicted octanol–water partition coefficient (Wildman–Crippen LogP) is 6.20. The Labute approximate surface area is 164 Å². The van der Waals surface area contributed by atoms with Crippen molar-refractivity contribution in [1.29, 1.82) is 0 Å². The molecule has 140 valence electrons. The van der Waals surface area contributed by atoms with Gasteiger partial charge in [-0.1, -0.05) is 34.2 Å². The number of halogens is 4. The number of hydrogen-bond acceptors (Lipinski definition) is 3. The molecule has 26 heavy (non-hydrogen) atoms. The summed E-state index contributed by atoms with van der Waals surface area (Å²) < 4.78 is 55.9. The van der Waals surface area contributed by atoms with Crippen LogP contribution in [0.3, 0.4) is 0 Å². The van der Waals surface area contributed by atoms with Gasteiger partial charge in [-0.05, 0) is 44.5 Å². The molecule has 0 fully saturated rings. The average Bonchev–Trinajstić information content (AvgIpc) is 2.51. The minimum absolute atomic E-state index is 0.127. The van der Waals surface area contributed by atoms with Gasteiger partial charge in [-0.2, -0.15) is 13.2 Å². The summed E-state index contributed by atoms with van der Waals surface area (Å²) in [5, 5.41) is 0.127. The van der Waals surface area contributed by atoms with Gasteiger partial charge < -0.3 is 4.55 Å². The first-order chi connectivity index (χ1) is 11.9. The maximum atomic E-state index is 13.5. The maximum absolute atomic E-state index is 13.5. The number of nitrogens with zero attached hydrogens (tertiary/aromatic N) is 1. The van der Waals surface area contributed by atoms with Gasteiger partial charge in [-0.15, -0.1) is 12.6 Å². The normalized spacial score (nSPS) is 14.0. The Kier molecular flexibility index (Phi) is 6.38. The van der Waals surface area contributed by atoms with Crippen molar-refractivity contribution in [3.63, 3.8) is 0 Å². The fourth-order valence-electron chi connectivity index (χ4n) is 2.19. The topological polar surface area (TPSA) is 35.4 Å². The van der Waals surface area contributed by atoms with Crippen molar-refractivity contribution in [3.8, 4) is 11.1 Å². The number of thiol groups is 1. The van der Waals surface area contributed by atoms with Crippen molar-refractivity contribution in [2.45, 2.75) is 36.6 Å². The zero-order valence-electron chi connectivity index (χ0n) is 14.3. The van der Waals surface area contributed by atoms with Crippen LogP contribution in [0.15, 0.2) is 45.7 Å². The fraction of sp³-hybridized carbons (Fsp3) is 0.278. The molecule has 1 unspecified atom stereocenters. The standard InChI is InChI=1S/C18H17ClF3NOS2/c1-17(2,3)26(24)23-10-12-13(18(20,21)22)8-9-14(19)16(12)11-6-4-5-7-15(11)25/h4-10,25H,1-3H3/b23-10+. The van der Waals surface area contributed by atoms with Crippen LogP contribution in [0.4, 0.5) is 13.2 Å². The second-order valence-corrected chi connectivity index (χ2v) is 9.32. The lowest BCUT2D eigenvalue weighted by Crippen LogP contribution is -2.26. The van der Waals surface area contributed by atoms with Crippen molar-refractivity contribution >= 4 is 41.8 Å². The monoisotopic (exact) mass is 419 g/mol. The molecule has 0 radical (unpaired) electrons. The Hall–Kier alpha value is -1.15. The van der Waals surface area contributed by atoms with Gasteiger partial charge in [-0.25, -0.2) is 0 Å². The van der Waals surface area contributed by atoms with Gasteiger partial charge in [-0.3, -0.25) is 0 Å². The number of alkyl halides is 3. The van der Waals surface area contributed by atoms with E-state index in [2.05, 4.69) is 17.0 Å². The smallest absolute Gasteiger partial charge is 0.417 e. The zero-order valence-corrected chi connectivity index (χ0v) is 16.7. The van der Waals surface area contributed by atoms with Crippen LogP contribution < -0.4 is 0 Å². The van der Waals surface area contributed by atoms with E-state index in [0.717, 1.165) is 12.3 Å². The molecular formula is C18H17ClF3NOS2. The molecule has 0 saturated carbocycles. The predicted molar refractivity (Wildman–Crippen MR) is 105 cm³/mol. The van der Waals surface area contributed by atoms with Crippen molar-refractivity contribution in [2.75, 3.05) is 0 Å². The first-order valence-electron chi connectivity index (χ1n) is 7.57. The molecule has 0 aliphatic rings. The zero-order chi connectivity index (χ0) is 19.7. The van der Waals surface area contributed by atoms with Crippen LogP contribution in [0.5, 0.6) is 0 Å². The first kappa shape index (κ1) is 21.2. The molecule has 2 aromatic carbocycles. The Morgan fingerprint density at radius 3 is 2.27 bits per heavy atom. The van der Waals surface area contributed by atoms with E-state index in [0.29, 0.717) is 10.5 Å². The Balaban J connectivity index is 2.76.